The number of ether oxygens (including phenoxy) is 1. The summed E-state index contributed by atoms with van der Waals surface area (Å²) < 4.78 is 5.25. The molecule has 0 bridgehead atoms. The van der Waals surface area contributed by atoms with Gasteiger partial charge in [0, 0.05) is 36.9 Å². The number of anilines is 2. The van der Waals surface area contributed by atoms with Crippen LogP contribution in [-0.2, 0) is 13.0 Å². The average molecular weight is 421 g/mol. The Labute approximate surface area is 182 Å². The van der Waals surface area contributed by atoms with Gasteiger partial charge in [0.1, 0.15) is 5.75 Å². The molecule has 1 N–H and O–H groups in total. The second kappa shape index (κ2) is 8.81. The molecular formula is C24H25ClN4O. The second-order valence-corrected chi connectivity index (χ2v) is 7.91. The van der Waals surface area contributed by atoms with E-state index in [0.29, 0.717) is 23.0 Å². The molecule has 0 atom stereocenters. The summed E-state index contributed by atoms with van der Waals surface area (Å²) in [6.45, 7) is 12.4. The van der Waals surface area contributed by atoms with Gasteiger partial charge in [0.05, 0.1) is 29.9 Å². The number of hydrogen-bond acceptors (Lipinski definition) is 4. The standard InChI is InChI=1S/C24H25ClN4O/c1-4-17-15-28-24-19(12-18(26-2)13-21(24)29-9-5-6-10-29)23(17)27-14-16-7-8-22(30-3)20(25)11-16/h7-8,11-13,15H,4-6,9-10,14H2,1,3H3,(H,27,28). The van der Waals surface area contributed by atoms with Crippen molar-refractivity contribution in [1.29, 1.82) is 0 Å². The third-order valence-corrected chi connectivity index (χ3v) is 5.95. The Hall–Kier alpha value is -2.97. The molecule has 0 unspecified atom stereocenters. The monoisotopic (exact) mass is 420 g/mol. The van der Waals surface area contributed by atoms with Gasteiger partial charge in [-0.3, -0.25) is 4.98 Å². The van der Waals surface area contributed by atoms with Crippen LogP contribution in [0.1, 0.15) is 30.9 Å². The van der Waals surface area contributed by atoms with Crippen molar-refractivity contribution in [1.82, 2.24) is 4.98 Å². The number of aromatic nitrogens is 1. The molecule has 1 saturated heterocycles. The molecule has 6 heteroatoms. The Balaban J connectivity index is 1.76. The van der Waals surface area contributed by atoms with Gasteiger partial charge in [-0.05, 0) is 54.7 Å². The number of benzene rings is 2. The molecule has 1 aliphatic heterocycles. The molecule has 1 aliphatic rings. The van der Waals surface area contributed by atoms with Gasteiger partial charge >= 0.3 is 0 Å². The molecule has 5 nitrogen and oxygen atoms in total. The first kappa shape index (κ1) is 20.3. The van der Waals surface area contributed by atoms with Crippen molar-refractivity contribution in [2.75, 3.05) is 30.4 Å². The van der Waals surface area contributed by atoms with E-state index in [-0.39, 0.29) is 0 Å². The zero-order valence-corrected chi connectivity index (χ0v) is 18.1. The highest BCUT2D eigenvalue weighted by atomic mass is 35.5. The first-order valence-electron chi connectivity index (χ1n) is 10.3. The Morgan fingerprint density at radius 3 is 2.70 bits per heavy atom. The van der Waals surface area contributed by atoms with Crippen LogP contribution in [0.3, 0.4) is 0 Å². The largest absolute Gasteiger partial charge is 0.495 e. The number of halogens is 1. The summed E-state index contributed by atoms with van der Waals surface area (Å²) in [5.74, 6) is 0.668. The zero-order valence-electron chi connectivity index (χ0n) is 17.3. The van der Waals surface area contributed by atoms with Gasteiger partial charge < -0.3 is 15.0 Å². The van der Waals surface area contributed by atoms with E-state index in [1.165, 1.54) is 12.8 Å². The summed E-state index contributed by atoms with van der Waals surface area (Å²) in [5.41, 5.74) is 5.91. The fraction of sp³-hybridized carbons (Fsp3) is 0.333. The molecule has 0 spiro atoms. The highest BCUT2D eigenvalue weighted by Gasteiger charge is 2.19. The number of hydrogen-bond donors (Lipinski definition) is 1. The molecule has 3 aromatic rings. The zero-order chi connectivity index (χ0) is 21.1. The smallest absolute Gasteiger partial charge is 0.190 e. The summed E-state index contributed by atoms with van der Waals surface area (Å²) in [7, 11) is 1.61. The van der Waals surface area contributed by atoms with Crippen LogP contribution in [-0.4, -0.2) is 25.2 Å². The summed E-state index contributed by atoms with van der Waals surface area (Å²) in [6.07, 6.45) is 5.18. The minimum absolute atomic E-state index is 0.596. The van der Waals surface area contributed by atoms with Crippen molar-refractivity contribution in [3.63, 3.8) is 0 Å². The van der Waals surface area contributed by atoms with Crippen LogP contribution >= 0.6 is 11.6 Å². The quantitative estimate of drug-likeness (QED) is 0.480. The molecule has 2 aromatic carbocycles. The van der Waals surface area contributed by atoms with E-state index in [1.54, 1.807) is 7.11 Å². The van der Waals surface area contributed by atoms with Crippen LogP contribution in [0.4, 0.5) is 17.1 Å². The lowest BCUT2D eigenvalue weighted by Crippen LogP contribution is -2.18. The lowest BCUT2D eigenvalue weighted by atomic mass is 10.0. The van der Waals surface area contributed by atoms with Gasteiger partial charge in [-0.2, -0.15) is 0 Å². The minimum atomic E-state index is 0.596. The fourth-order valence-corrected chi connectivity index (χ4v) is 4.34. The molecule has 0 aliphatic carbocycles. The van der Waals surface area contributed by atoms with Gasteiger partial charge in [-0.15, -0.1) is 0 Å². The molecule has 154 valence electrons. The van der Waals surface area contributed by atoms with Crippen molar-refractivity contribution in [3.05, 3.63) is 64.1 Å². The Bertz CT molecular complexity index is 1120. The van der Waals surface area contributed by atoms with Gasteiger partial charge in [0.2, 0.25) is 0 Å². The van der Waals surface area contributed by atoms with E-state index < -0.39 is 0 Å². The van der Waals surface area contributed by atoms with Crippen molar-refractivity contribution < 1.29 is 4.74 Å². The van der Waals surface area contributed by atoms with E-state index >= 15 is 0 Å². The fourth-order valence-electron chi connectivity index (χ4n) is 4.06. The third kappa shape index (κ3) is 3.88. The lowest BCUT2D eigenvalue weighted by molar-refractivity contribution is 0.415. The third-order valence-electron chi connectivity index (χ3n) is 5.66. The molecular weight excluding hydrogens is 396 g/mol. The predicted molar refractivity (Wildman–Crippen MR) is 124 cm³/mol. The van der Waals surface area contributed by atoms with Gasteiger partial charge in [-0.1, -0.05) is 24.6 Å². The van der Waals surface area contributed by atoms with Crippen LogP contribution in [0.2, 0.25) is 5.02 Å². The maximum absolute atomic E-state index is 7.59. The Kier molecular flexibility index (Phi) is 5.96. The molecule has 0 radical (unpaired) electrons. The van der Waals surface area contributed by atoms with E-state index in [0.717, 1.165) is 52.9 Å². The van der Waals surface area contributed by atoms with Crippen molar-refractivity contribution in [2.45, 2.75) is 32.7 Å². The van der Waals surface area contributed by atoms with Crippen LogP contribution in [0, 0.1) is 6.57 Å². The topological polar surface area (TPSA) is 41.8 Å². The maximum atomic E-state index is 7.59. The number of fused-ring (bicyclic) bond motifs is 1. The van der Waals surface area contributed by atoms with Crippen LogP contribution in [0.15, 0.2) is 36.5 Å². The number of rotatable bonds is 6. The SMILES string of the molecule is [C-]#[N+]c1cc(N2CCCC2)c2ncc(CC)c(NCc3ccc(OC)c(Cl)c3)c2c1. The molecule has 0 saturated carbocycles. The molecule has 0 amide bonds. The highest BCUT2D eigenvalue weighted by Crippen LogP contribution is 2.38. The lowest BCUT2D eigenvalue weighted by Gasteiger charge is -2.22. The molecule has 2 heterocycles. The molecule has 30 heavy (non-hydrogen) atoms. The Morgan fingerprint density at radius 2 is 2.03 bits per heavy atom. The van der Waals surface area contributed by atoms with Gasteiger partial charge in [-0.25, -0.2) is 4.85 Å². The van der Waals surface area contributed by atoms with Crippen LogP contribution < -0.4 is 15.0 Å². The van der Waals surface area contributed by atoms with E-state index in [2.05, 4.69) is 22.0 Å². The summed E-state index contributed by atoms with van der Waals surface area (Å²) in [4.78, 5) is 10.9. The van der Waals surface area contributed by atoms with Crippen LogP contribution in [0.5, 0.6) is 5.75 Å². The summed E-state index contributed by atoms with van der Waals surface area (Å²) >= 11 is 6.30. The number of methoxy groups -OCH3 is 1. The number of nitrogens with zero attached hydrogens (tertiary/aromatic N) is 3. The minimum Gasteiger partial charge on any atom is -0.495 e. The van der Waals surface area contributed by atoms with Crippen molar-refractivity contribution in [2.24, 2.45) is 0 Å². The van der Waals surface area contributed by atoms with E-state index in [9.17, 15) is 0 Å². The molecule has 1 fully saturated rings. The first-order valence-corrected chi connectivity index (χ1v) is 10.7. The maximum Gasteiger partial charge on any atom is 0.190 e. The number of aryl methyl sites for hydroxylation is 1. The Morgan fingerprint density at radius 1 is 1.23 bits per heavy atom. The summed E-state index contributed by atoms with van der Waals surface area (Å²) in [6, 6.07) is 9.74. The highest BCUT2D eigenvalue weighted by molar-refractivity contribution is 6.32. The van der Waals surface area contributed by atoms with E-state index in [1.807, 2.05) is 36.5 Å². The molecule has 4 rings (SSSR count). The first-order chi connectivity index (χ1) is 14.6. The second-order valence-electron chi connectivity index (χ2n) is 7.50. The normalized spacial score (nSPS) is 13.5. The van der Waals surface area contributed by atoms with Gasteiger partial charge in [0.15, 0.2) is 5.69 Å². The summed E-state index contributed by atoms with van der Waals surface area (Å²) in [5, 5.41) is 5.20. The predicted octanol–water partition coefficient (Wildman–Crippen LogP) is 6.22. The van der Waals surface area contributed by atoms with Crippen molar-refractivity contribution >= 4 is 39.6 Å². The number of nitrogens with one attached hydrogen (secondary N) is 1. The van der Waals surface area contributed by atoms with Gasteiger partial charge in [0.25, 0.3) is 0 Å². The van der Waals surface area contributed by atoms with E-state index in [4.69, 9.17) is 27.9 Å². The average Bonchev–Trinajstić information content (AvgIpc) is 3.31. The van der Waals surface area contributed by atoms with Crippen LogP contribution in [0.25, 0.3) is 15.7 Å². The molecule has 1 aromatic heterocycles. The number of pyridine rings is 1. The van der Waals surface area contributed by atoms with Crippen molar-refractivity contribution in [3.8, 4) is 5.75 Å².